The Kier molecular flexibility index (Phi) is 4.55. The van der Waals surface area contributed by atoms with Gasteiger partial charge in [0.25, 0.3) is 5.56 Å². The molecule has 1 saturated heterocycles. The van der Waals surface area contributed by atoms with Crippen molar-refractivity contribution < 1.29 is 0 Å². The van der Waals surface area contributed by atoms with E-state index in [1.165, 1.54) is 12.8 Å². The normalized spacial score (nSPS) is 25.2. The minimum atomic E-state index is 0.0761. The van der Waals surface area contributed by atoms with Gasteiger partial charge in [-0.15, -0.1) is 0 Å². The second-order valence-corrected chi connectivity index (χ2v) is 5.29. The van der Waals surface area contributed by atoms with Crippen molar-refractivity contribution in [3.8, 4) is 0 Å². The maximum Gasteiger partial charge on any atom is 0.250 e. The molecule has 2 rings (SSSR count). The van der Waals surface area contributed by atoms with E-state index in [9.17, 15) is 4.79 Å². The molecule has 0 amide bonds. The number of aromatic nitrogens is 1. The van der Waals surface area contributed by atoms with E-state index in [4.69, 9.17) is 5.73 Å². The van der Waals surface area contributed by atoms with Crippen molar-refractivity contribution in [1.82, 2.24) is 9.47 Å². The molecule has 2 heterocycles. The molecule has 2 unspecified atom stereocenters. The van der Waals surface area contributed by atoms with Crippen LogP contribution in [0.1, 0.15) is 19.8 Å². The number of pyridine rings is 1. The van der Waals surface area contributed by atoms with Crippen LogP contribution in [-0.2, 0) is 6.54 Å². The minimum Gasteiger partial charge on any atom is -0.329 e. The zero-order valence-corrected chi connectivity index (χ0v) is 11.1. The largest absolute Gasteiger partial charge is 0.329 e. The Morgan fingerprint density at radius 1 is 1.39 bits per heavy atom. The number of hydrogen-bond donors (Lipinski definition) is 1. The van der Waals surface area contributed by atoms with E-state index in [0.717, 1.165) is 25.6 Å². The van der Waals surface area contributed by atoms with Crippen LogP contribution in [0.2, 0.25) is 0 Å². The average molecular weight is 249 g/mol. The van der Waals surface area contributed by atoms with E-state index in [1.54, 1.807) is 16.7 Å². The zero-order valence-electron chi connectivity index (χ0n) is 11.1. The van der Waals surface area contributed by atoms with Gasteiger partial charge < -0.3 is 10.3 Å². The second-order valence-electron chi connectivity index (χ2n) is 5.29. The van der Waals surface area contributed by atoms with Gasteiger partial charge in [-0.05, 0) is 31.4 Å². The number of likely N-dealkylation sites (tertiary alicyclic amines) is 1. The molecule has 1 aromatic rings. The highest BCUT2D eigenvalue weighted by molar-refractivity contribution is 4.93. The Bertz CT molecular complexity index is 429. The third kappa shape index (κ3) is 3.21. The lowest BCUT2D eigenvalue weighted by Crippen LogP contribution is -2.47. The minimum absolute atomic E-state index is 0.0761. The SMILES string of the molecule is CC1CCN(CCn2ccccc2=O)C(CN)C1. The van der Waals surface area contributed by atoms with Crippen molar-refractivity contribution in [3.63, 3.8) is 0 Å². The molecule has 0 aliphatic carbocycles. The maximum atomic E-state index is 11.6. The van der Waals surface area contributed by atoms with Gasteiger partial charge in [-0.2, -0.15) is 0 Å². The van der Waals surface area contributed by atoms with Gasteiger partial charge in [0.2, 0.25) is 0 Å². The summed E-state index contributed by atoms with van der Waals surface area (Å²) >= 11 is 0. The molecular weight excluding hydrogens is 226 g/mol. The summed E-state index contributed by atoms with van der Waals surface area (Å²) in [5.74, 6) is 0.772. The van der Waals surface area contributed by atoms with Gasteiger partial charge in [0.15, 0.2) is 0 Å². The molecule has 1 aliphatic heterocycles. The van der Waals surface area contributed by atoms with Crippen molar-refractivity contribution in [2.24, 2.45) is 11.7 Å². The smallest absolute Gasteiger partial charge is 0.250 e. The zero-order chi connectivity index (χ0) is 13.0. The van der Waals surface area contributed by atoms with Crippen LogP contribution in [0.5, 0.6) is 0 Å². The molecule has 18 heavy (non-hydrogen) atoms. The molecule has 2 atom stereocenters. The van der Waals surface area contributed by atoms with E-state index in [0.29, 0.717) is 12.6 Å². The van der Waals surface area contributed by atoms with Crippen LogP contribution in [0.25, 0.3) is 0 Å². The van der Waals surface area contributed by atoms with Gasteiger partial charge in [-0.1, -0.05) is 13.0 Å². The molecule has 1 aliphatic rings. The molecule has 1 aromatic heterocycles. The summed E-state index contributed by atoms with van der Waals surface area (Å²) in [6, 6.07) is 5.77. The molecule has 4 heteroatoms. The summed E-state index contributed by atoms with van der Waals surface area (Å²) < 4.78 is 1.77. The van der Waals surface area contributed by atoms with Crippen LogP contribution in [0.15, 0.2) is 29.2 Å². The highest BCUT2D eigenvalue weighted by Crippen LogP contribution is 2.21. The quantitative estimate of drug-likeness (QED) is 0.863. The van der Waals surface area contributed by atoms with Crippen molar-refractivity contribution in [2.75, 3.05) is 19.6 Å². The first-order valence-corrected chi connectivity index (χ1v) is 6.80. The van der Waals surface area contributed by atoms with Gasteiger partial charge in [0.05, 0.1) is 0 Å². The Morgan fingerprint density at radius 3 is 2.94 bits per heavy atom. The number of hydrogen-bond acceptors (Lipinski definition) is 3. The van der Waals surface area contributed by atoms with Crippen LogP contribution in [-0.4, -0.2) is 35.1 Å². The lowest BCUT2D eigenvalue weighted by atomic mass is 9.92. The molecule has 0 saturated carbocycles. The molecule has 0 aromatic carbocycles. The van der Waals surface area contributed by atoms with E-state index in [2.05, 4.69) is 11.8 Å². The molecule has 100 valence electrons. The molecule has 4 nitrogen and oxygen atoms in total. The van der Waals surface area contributed by atoms with Gasteiger partial charge >= 0.3 is 0 Å². The fraction of sp³-hybridized carbons (Fsp3) is 0.643. The Morgan fingerprint density at radius 2 is 2.22 bits per heavy atom. The monoisotopic (exact) mass is 249 g/mol. The van der Waals surface area contributed by atoms with Crippen LogP contribution in [0.3, 0.4) is 0 Å². The van der Waals surface area contributed by atoms with E-state index >= 15 is 0 Å². The Balaban J connectivity index is 1.93. The van der Waals surface area contributed by atoms with Crippen LogP contribution >= 0.6 is 0 Å². The molecular formula is C14H23N3O. The van der Waals surface area contributed by atoms with Crippen molar-refractivity contribution in [3.05, 3.63) is 34.7 Å². The van der Waals surface area contributed by atoms with Gasteiger partial charge in [0.1, 0.15) is 0 Å². The van der Waals surface area contributed by atoms with Gasteiger partial charge in [-0.25, -0.2) is 0 Å². The van der Waals surface area contributed by atoms with E-state index in [1.807, 2.05) is 12.3 Å². The number of rotatable bonds is 4. The average Bonchev–Trinajstić information content (AvgIpc) is 2.39. The number of nitrogens with zero attached hydrogens (tertiary/aromatic N) is 2. The van der Waals surface area contributed by atoms with Crippen LogP contribution in [0.4, 0.5) is 0 Å². The first-order chi connectivity index (χ1) is 8.70. The first kappa shape index (κ1) is 13.3. The fourth-order valence-corrected chi connectivity index (χ4v) is 2.72. The second kappa shape index (κ2) is 6.16. The predicted molar refractivity (Wildman–Crippen MR) is 73.5 cm³/mol. The topological polar surface area (TPSA) is 51.3 Å². The van der Waals surface area contributed by atoms with Crippen molar-refractivity contribution >= 4 is 0 Å². The van der Waals surface area contributed by atoms with Gasteiger partial charge in [0, 0.05) is 37.9 Å². The summed E-state index contributed by atoms with van der Waals surface area (Å²) in [5.41, 5.74) is 5.92. The standard InChI is InChI=1S/C14H23N3O/c1-12-5-7-16(13(10-12)11-15)8-9-17-6-3-2-4-14(17)18/h2-4,6,12-13H,5,7-11,15H2,1H3. The Hall–Kier alpha value is -1.13. The van der Waals surface area contributed by atoms with E-state index in [-0.39, 0.29) is 5.56 Å². The van der Waals surface area contributed by atoms with Crippen molar-refractivity contribution in [2.45, 2.75) is 32.4 Å². The molecule has 0 spiro atoms. The van der Waals surface area contributed by atoms with Crippen LogP contribution < -0.4 is 11.3 Å². The highest BCUT2D eigenvalue weighted by atomic mass is 16.1. The molecule has 1 fully saturated rings. The summed E-state index contributed by atoms with van der Waals surface area (Å²) in [7, 11) is 0. The van der Waals surface area contributed by atoms with E-state index < -0.39 is 0 Å². The summed E-state index contributed by atoms with van der Waals surface area (Å²) in [4.78, 5) is 14.0. The molecule has 0 radical (unpaired) electrons. The third-order valence-corrected chi connectivity index (χ3v) is 3.90. The lowest BCUT2D eigenvalue weighted by molar-refractivity contribution is 0.118. The maximum absolute atomic E-state index is 11.6. The van der Waals surface area contributed by atoms with Crippen LogP contribution in [0, 0.1) is 5.92 Å². The molecule has 2 N–H and O–H groups in total. The Labute approximate surface area is 108 Å². The molecule has 0 bridgehead atoms. The summed E-state index contributed by atoms with van der Waals surface area (Å²) in [5, 5.41) is 0. The van der Waals surface area contributed by atoms with Gasteiger partial charge in [-0.3, -0.25) is 9.69 Å². The summed E-state index contributed by atoms with van der Waals surface area (Å²) in [6.07, 6.45) is 4.27. The first-order valence-electron chi connectivity index (χ1n) is 6.80. The van der Waals surface area contributed by atoms with Crippen molar-refractivity contribution in [1.29, 1.82) is 0 Å². The third-order valence-electron chi connectivity index (χ3n) is 3.90. The summed E-state index contributed by atoms with van der Waals surface area (Å²) in [6.45, 7) is 5.78. The lowest BCUT2D eigenvalue weighted by Gasteiger charge is -2.38. The predicted octanol–water partition coefficient (Wildman–Crippen LogP) is 0.908. The fourth-order valence-electron chi connectivity index (χ4n) is 2.72. The number of piperidine rings is 1. The highest BCUT2D eigenvalue weighted by Gasteiger charge is 2.24. The number of nitrogens with two attached hydrogens (primary N) is 1.